The van der Waals surface area contributed by atoms with Crippen molar-refractivity contribution < 1.29 is 0 Å². The van der Waals surface area contributed by atoms with Crippen molar-refractivity contribution in [2.24, 2.45) is 0 Å². The topological polar surface area (TPSA) is 24.9 Å². The number of hydrogen-bond acceptors (Lipinski definition) is 3. The number of nitrogens with one attached hydrogen (secondary N) is 1. The van der Waals surface area contributed by atoms with E-state index in [0.717, 1.165) is 11.4 Å². The first kappa shape index (κ1) is 12.1. The zero-order chi connectivity index (χ0) is 12.3. The number of hydrogen-bond donors (Lipinski definition) is 1. The summed E-state index contributed by atoms with van der Waals surface area (Å²) in [6.07, 6.45) is 0. The summed E-state index contributed by atoms with van der Waals surface area (Å²) in [6.45, 7) is 6.56. The van der Waals surface area contributed by atoms with Crippen molar-refractivity contribution in [3.8, 4) is 0 Å². The fourth-order valence-electron chi connectivity index (χ4n) is 1.75. The van der Waals surface area contributed by atoms with Crippen LogP contribution in [-0.2, 0) is 0 Å². The lowest BCUT2D eigenvalue weighted by Gasteiger charge is -2.15. The summed E-state index contributed by atoms with van der Waals surface area (Å²) in [6, 6.07) is 8.85. The Kier molecular flexibility index (Phi) is 3.79. The number of benzene rings is 1. The third-order valence-electron chi connectivity index (χ3n) is 2.83. The lowest BCUT2D eigenvalue weighted by atomic mass is 10.0. The fourth-order valence-corrected chi connectivity index (χ4v) is 2.40. The van der Waals surface area contributed by atoms with Crippen LogP contribution in [0.15, 0.2) is 35.2 Å². The van der Waals surface area contributed by atoms with E-state index in [-0.39, 0.29) is 6.04 Å². The van der Waals surface area contributed by atoms with E-state index in [1.54, 1.807) is 11.3 Å². The Morgan fingerprint density at radius 1 is 1.24 bits per heavy atom. The van der Waals surface area contributed by atoms with Gasteiger partial charge in [-0.15, -0.1) is 11.3 Å². The van der Waals surface area contributed by atoms with Gasteiger partial charge in [-0.25, -0.2) is 4.98 Å². The Morgan fingerprint density at radius 3 is 2.71 bits per heavy atom. The number of thiazole rings is 1. The highest BCUT2D eigenvalue weighted by Gasteiger charge is 2.07. The number of nitrogens with zero attached hydrogens (tertiary/aromatic N) is 1. The van der Waals surface area contributed by atoms with Gasteiger partial charge in [-0.1, -0.05) is 26.0 Å². The van der Waals surface area contributed by atoms with Gasteiger partial charge in [0.15, 0.2) is 0 Å². The number of rotatable bonds is 4. The SMILES string of the molecule is CC(C)c1cccc(NC(C)c2cscn2)c1. The normalized spacial score (nSPS) is 12.7. The summed E-state index contributed by atoms with van der Waals surface area (Å²) in [4.78, 5) is 4.33. The molecule has 17 heavy (non-hydrogen) atoms. The molecule has 0 amide bonds. The lowest BCUT2D eigenvalue weighted by Crippen LogP contribution is -2.07. The molecule has 3 heteroatoms. The molecule has 0 saturated heterocycles. The second kappa shape index (κ2) is 5.32. The molecule has 0 radical (unpaired) electrons. The molecule has 1 atom stereocenters. The highest BCUT2D eigenvalue weighted by Crippen LogP contribution is 2.22. The first-order valence-electron chi connectivity index (χ1n) is 5.91. The van der Waals surface area contributed by atoms with Crippen LogP contribution in [0.25, 0.3) is 0 Å². The summed E-state index contributed by atoms with van der Waals surface area (Å²) in [5.41, 5.74) is 5.50. The minimum atomic E-state index is 0.253. The molecule has 1 heterocycles. The standard InChI is InChI=1S/C14H18N2S/c1-10(2)12-5-4-6-13(7-12)16-11(3)14-8-17-9-15-14/h4-11,16H,1-3H3. The number of anilines is 1. The summed E-state index contributed by atoms with van der Waals surface area (Å²) in [7, 11) is 0. The maximum atomic E-state index is 4.33. The Bertz CT molecular complexity index is 463. The van der Waals surface area contributed by atoms with Gasteiger partial charge in [-0.05, 0) is 30.5 Å². The monoisotopic (exact) mass is 246 g/mol. The fraction of sp³-hybridized carbons (Fsp3) is 0.357. The average Bonchev–Trinajstić information content (AvgIpc) is 2.82. The van der Waals surface area contributed by atoms with Gasteiger partial charge in [-0.2, -0.15) is 0 Å². The van der Waals surface area contributed by atoms with Crippen molar-refractivity contribution in [3.05, 3.63) is 46.4 Å². The van der Waals surface area contributed by atoms with Crippen LogP contribution in [-0.4, -0.2) is 4.98 Å². The first-order valence-corrected chi connectivity index (χ1v) is 6.85. The van der Waals surface area contributed by atoms with E-state index in [0.29, 0.717) is 5.92 Å². The van der Waals surface area contributed by atoms with Crippen molar-refractivity contribution >= 4 is 17.0 Å². The zero-order valence-corrected chi connectivity index (χ0v) is 11.3. The summed E-state index contributed by atoms with van der Waals surface area (Å²) < 4.78 is 0. The molecule has 0 aliphatic rings. The average molecular weight is 246 g/mol. The van der Waals surface area contributed by atoms with Gasteiger partial charge in [0.2, 0.25) is 0 Å². The highest BCUT2D eigenvalue weighted by atomic mass is 32.1. The number of aromatic nitrogens is 1. The lowest BCUT2D eigenvalue weighted by molar-refractivity contribution is 0.842. The smallest absolute Gasteiger partial charge is 0.0795 e. The molecular weight excluding hydrogens is 228 g/mol. The molecule has 0 bridgehead atoms. The molecule has 1 N–H and O–H groups in total. The van der Waals surface area contributed by atoms with Crippen LogP contribution >= 0.6 is 11.3 Å². The second-order valence-corrected chi connectivity index (χ2v) is 5.28. The van der Waals surface area contributed by atoms with E-state index >= 15 is 0 Å². The molecule has 1 aromatic heterocycles. The minimum Gasteiger partial charge on any atom is -0.377 e. The highest BCUT2D eigenvalue weighted by molar-refractivity contribution is 7.07. The van der Waals surface area contributed by atoms with Gasteiger partial charge in [0.25, 0.3) is 0 Å². The molecule has 0 aliphatic carbocycles. The Hall–Kier alpha value is -1.35. The van der Waals surface area contributed by atoms with Crippen LogP contribution in [0.5, 0.6) is 0 Å². The van der Waals surface area contributed by atoms with Crippen molar-refractivity contribution in [2.75, 3.05) is 5.32 Å². The van der Waals surface area contributed by atoms with Gasteiger partial charge in [0, 0.05) is 11.1 Å². The van der Waals surface area contributed by atoms with Gasteiger partial charge >= 0.3 is 0 Å². The molecule has 0 spiro atoms. The molecule has 1 aromatic carbocycles. The van der Waals surface area contributed by atoms with Crippen molar-refractivity contribution in [1.29, 1.82) is 0 Å². The van der Waals surface area contributed by atoms with E-state index in [2.05, 4.69) is 60.7 Å². The molecule has 90 valence electrons. The van der Waals surface area contributed by atoms with Crippen LogP contribution in [0.4, 0.5) is 5.69 Å². The molecule has 2 aromatic rings. The first-order chi connectivity index (χ1) is 8.16. The molecule has 2 nitrogen and oxygen atoms in total. The van der Waals surface area contributed by atoms with Gasteiger partial charge in [0.05, 0.1) is 17.2 Å². The molecular formula is C14H18N2S. The van der Waals surface area contributed by atoms with E-state index in [1.807, 2.05) is 5.51 Å². The third-order valence-corrected chi connectivity index (χ3v) is 3.44. The van der Waals surface area contributed by atoms with E-state index in [4.69, 9.17) is 0 Å². The summed E-state index contributed by atoms with van der Waals surface area (Å²) >= 11 is 1.64. The molecule has 1 unspecified atom stereocenters. The Labute approximate surface area is 107 Å². The van der Waals surface area contributed by atoms with Crippen molar-refractivity contribution in [2.45, 2.75) is 32.7 Å². The molecule has 0 aliphatic heterocycles. The Balaban J connectivity index is 2.11. The predicted octanol–water partition coefficient (Wildman–Crippen LogP) is 4.44. The largest absolute Gasteiger partial charge is 0.377 e. The maximum Gasteiger partial charge on any atom is 0.0795 e. The third kappa shape index (κ3) is 3.07. The van der Waals surface area contributed by atoms with Gasteiger partial charge < -0.3 is 5.32 Å². The zero-order valence-electron chi connectivity index (χ0n) is 10.5. The second-order valence-electron chi connectivity index (χ2n) is 4.56. The van der Waals surface area contributed by atoms with Crippen molar-refractivity contribution in [1.82, 2.24) is 4.98 Å². The van der Waals surface area contributed by atoms with E-state index in [9.17, 15) is 0 Å². The molecule has 2 rings (SSSR count). The van der Waals surface area contributed by atoms with Crippen LogP contribution in [0.1, 0.15) is 44.0 Å². The van der Waals surface area contributed by atoms with Crippen LogP contribution in [0, 0.1) is 0 Å². The van der Waals surface area contributed by atoms with Crippen LogP contribution in [0.2, 0.25) is 0 Å². The Morgan fingerprint density at radius 2 is 2.06 bits per heavy atom. The summed E-state index contributed by atoms with van der Waals surface area (Å²) in [5.74, 6) is 0.561. The summed E-state index contributed by atoms with van der Waals surface area (Å²) in [5, 5.41) is 5.57. The quantitative estimate of drug-likeness (QED) is 0.862. The van der Waals surface area contributed by atoms with Crippen LogP contribution < -0.4 is 5.32 Å². The minimum absolute atomic E-state index is 0.253. The van der Waals surface area contributed by atoms with Crippen LogP contribution in [0.3, 0.4) is 0 Å². The maximum absolute atomic E-state index is 4.33. The van der Waals surface area contributed by atoms with Crippen molar-refractivity contribution in [3.63, 3.8) is 0 Å². The van der Waals surface area contributed by atoms with Gasteiger partial charge in [-0.3, -0.25) is 0 Å². The van der Waals surface area contributed by atoms with Gasteiger partial charge in [0.1, 0.15) is 0 Å². The molecule has 0 fully saturated rings. The predicted molar refractivity (Wildman–Crippen MR) is 74.7 cm³/mol. The molecule has 0 saturated carbocycles. The van der Waals surface area contributed by atoms with E-state index in [1.165, 1.54) is 5.56 Å². The van der Waals surface area contributed by atoms with E-state index < -0.39 is 0 Å².